The van der Waals surface area contributed by atoms with Gasteiger partial charge in [0.1, 0.15) is 5.78 Å². The first-order chi connectivity index (χ1) is 6.54. The minimum atomic E-state index is -0.00625. The second kappa shape index (κ2) is 4.77. The Morgan fingerprint density at radius 1 is 1.50 bits per heavy atom. The van der Waals surface area contributed by atoms with Gasteiger partial charge in [0.05, 0.1) is 0 Å². The molecule has 0 aromatic heterocycles. The van der Waals surface area contributed by atoms with Crippen LogP contribution in [0.15, 0.2) is 12.2 Å². The van der Waals surface area contributed by atoms with Gasteiger partial charge in [-0.05, 0) is 39.0 Å². The van der Waals surface area contributed by atoms with Gasteiger partial charge in [0.25, 0.3) is 0 Å². The highest BCUT2D eigenvalue weighted by Crippen LogP contribution is 2.37. The number of carbonyl (C=O) groups excluding carboxylic acids is 1. The molecule has 0 heterocycles. The molecule has 1 rings (SSSR count). The monoisotopic (exact) mass is 194 g/mol. The molecule has 80 valence electrons. The van der Waals surface area contributed by atoms with Gasteiger partial charge < -0.3 is 0 Å². The second-order valence-electron chi connectivity index (χ2n) is 5.00. The molecule has 1 fully saturated rings. The molecule has 1 saturated carbocycles. The first kappa shape index (κ1) is 11.5. The summed E-state index contributed by atoms with van der Waals surface area (Å²) < 4.78 is 0. The lowest BCUT2D eigenvalue weighted by Crippen LogP contribution is -2.30. The third-order valence-corrected chi connectivity index (χ3v) is 3.39. The number of allylic oxidation sites excluding steroid dienone is 1. The Bertz CT molecular complexity index is 229. The second-order valence-corrected chi connectivity index (χ2v) is 5.00. The minimum absolute atomic E-state index is 0.00625. The Morgan fingerprint density at radius 2 is 2.21 bits per heavy atom. The lowest BCUT2D eigenvalue weighted by molar-refractivity contribution is -0.130. The molecule has 1 atom stereocenters. The lowest BCUT2D eigenvalue weighted by Gasteiger charge is -2.32. The minimum Gasteiger partial charge on any atom is -0.299 e. The van der Waals surface area contributed by atoms with Crippen LogP contribution in [0.3, 0.4) is 0 Å². The maximum absolute atomic E-state index is 11.8. The summed E-state index contributed by atoms with van der Waals surface area (Å²) in [7, 11) is 0. The maximum Gasteiger partial charge on any atom is 0.138 e. The number of ketones is 1. The summed E-state index contributed by atoms with van der Waals surface area (Å²) in [6.45, 7) is 8.10. The van der Waals surface area contributed by atoms with Gasteiger partial charge >= 0.3 is 0 Å². The first-order valence-electron chi connectivity index (χ1n) is 5.72. The fourth-order valence-corrected chi connectivity index (χ4v) is 2.29. The fraction of sp³-hybridized carbons (Fsp3) is 0.769. The number of rotatable bonds is 4. The first-order valence-corrected chi connectivity index (χ1v) is 5.72. The summed E-state index contributed by atoms with van der Waals surface area (Å²) in [5.41, 5.74) is 1.23. The van der Waals surface area contributed by atoms with Gasteiger partial charge in [-0.15, -0.1) is 6.58 Å². The Morgan fingerprint density at radius 3 is 2.79 bits per heavy atom. The van der Waals surface area contributed by atoms with Crippen molar-refractivity contribution in [2.75, 3.05) is 0 Å². The van der Waals surface area contributed by atoms with Crippen LogP contribution >= 0.6 is 0 Å². The summed E-state index contributed by atoms with van der Waals surface area (Å²) in [4.78, 5) is 11.8. The molecular formula is C13H22O. The molecule has 0 spiro atoms. The van der Waals surface area contributed by atoms with Crippen molar-refractivity contribution >= 4 is 5.78 Å². The third kappa shape index (κ3) is 2.97. The molecule has 1 aliphatic carbocycles. The van der Waals surface area contributed by atoms with Gasteiger partial charge in [-0.25, -0.2) is 0 Å². The topological polar surface area (TPSA) is 17.1 Å². The number of carbonyl (C=O) groups is 1. The molecule has 1 aliphatic rings. The fourth-order valence-electron chi connectivity index (χ4n) is 2.29. The van der Waals surface area contributed by atoms with Crippen molar-refractivity contribution in [2.45, 2.75) is 58.8 Å². The zero-order valence-corrected chi connectivity index (χ0v) is 9.57. The Hall–Kier alpha value is -0.590. The van der Waals surface area contributed by atoms with E-state index in [9.17, 15) is 4.79 Å². The summed E-state index contributed by atoms with van der Waals surface area (Å²) in [6, 6.07) is 0. The summed E-state index contributed by atoms with van der Waals surface area (Å²) in [5, 5.41) is 0. The van der Waals surface area contributed by atoms with E-state index in [1.165, 1.54) is 12.0 Å². The third-order valence-electron chi connectivity index (χ3n) is 3.39. The highest BCUT2D eigenvalue weighted by molar-refractivity contribution is 5.85. The molecule has 0 amide bonds. The summed E-state index contributed by atoms with van der Waals surface area (Å²) in [5.74, 6) is 0.491. The Kier molecular flexibility index (Phi) is 3.91. The van der Waals surface area contributed by atoms with Gasteiger partial charge in [0.15, 0.2) is 0 Å². The van der Waals surface area contributed by atoms with Gasteiger partial charge in [0, 0.05) is 11.8 Å². The number of Topliss-reactive ketones (excluding diaryl/α,β-unsaturated/α-hetero) is 1. The predicted molar refractivity (Wildman–Crippen MR) is 60.2 cm³/mol. The van der Waals surface area contributed by atoms with Crippen molar-refractivity contribution in [1.82, 2.24) is 0 Å². The van der Waals surface area contributed by atoms with Crippen LogP contribution in [-0.2, 0) is 4.79 Å². The van der Waals surface area contributed by atoms with Gasteiger partial charge in [-0.1, -0.05) is 18.9 Å². The van der Waals surface area contributed by atoms with E-state index in [1.54, 1.807) is 0 Å². The highest BCUT2D eigenvalue weighted by atomic mass is 16.1. The van der Waals surface area contributed by atoms with Crippen LogP contribution in [0.1, 0.15) is 58.8 Å². The molecule has 0 aromatic rings. The summed E-state index contributed by atoms with van der Waals surface area (Å²) in [6.07, 6.45) is 7.49. The highest BCUT2D eigenvalue weighted by Gasteiger charge is 2.33. The van der Waals surface area contributed by atoms with Crippen LogP contribution in [-0.4, -0.2) is 5.78 Å². The van der Waals surface area contributed by atoms with E-state index >= 15 is 0 Å². The van der Waals surface area contributed by atoms with Gasteiger partial charge in [-0.3, -0.25) is 4.79 Å². The molecule has 1 nitrogen and oxygen atoms in total. The van der Waals surface area contributed by atoms with E-state index in [4.69, 9.17) is 0 Å². The molecule has 0 saturated heterocycles. The average molecular weight is 194 g/mol. The lowest BCUT2D eigenvalue weighted by atomic mass is 9.71. The SMILES string of the molecule is C=C(C)CCC[C@]1(C)CCCCC1=O. The van der Waals surface area contributed by atoms with Crippen LogP contribution in [0.5, 0.6) is 0 Å². The quantitative estimate of drug-likeness (QED) is 0.621. The van der Waals surface area contributed by atoms with E-state index in [-0.39, 0.29) is 5.41 Å². The molecule has 0 N–H and O–H groups in total. The molecule has 0 aromatic carbocycles. The molecular weight excluding hydrogens is 172 g/mol. The predicted octanol–water partition coefficient (Wildman–Crippen LogP) is 3.88. The van der Waals surface area contributed by atoms with Crippen LogP contribution in [0, 0.1) is 5.41 Å². The zero-order valence-electron chi connectivity index (χ0n) is 9.57. The van der Waals surface area contributed by atoms with E-state index in [2.05, 4.69) is 20.4 Å². The van der Waals surface area contributed by atoms with Crippen LogP contribution in [0.25, 0.3) is 0 Å². The summed E-state index contributed by atoms with van der Waals surface area (Å²) >= 11 is 0. The van der Waals surface area contributed by atoms with Crippen molar-refractivity contribution in [3.63, 3.8) is 0 Å². The van der Waals surface area contributed by atoms with E-state index in [1.807, 2.05) is 0 Å². The Labute approximate surface area is 87.6 Å². The van der Waals surface area contributed by atoms with Crippen molar-refractivity contribution in [3.8, 4) is 0 Å². The van der Waals surface area contributed by atoms with Gasteiger partial charge in [-0.2, -0.15) is 0 Å². The van der Waals surface area contributed by atoms with Crippen LogP contribution < -0.4 is 0 Å². The van der Waals surface area contributed by atoms with Crippen molar-refractivity contribution in [2.24, 2.45) is 5.41 Å². The number of hydrogen-bond donors (Lipinski definition) is 0. The molecule has 0 bridgehead atoms. The van der Waals surface area contributed by atoms with Crippen LogP contribution in [0.4, 0.5) is 0 Å². The molecule has 0 radical (unpaired) electrons. The van der Waals surface area contributed by atoms with E-state index in [0.717, 1.165) is 38.5 Å². The van der Waals surface area contributed by atoms with Crippen molar-refractivity contribution < 1.29 is 4.79 Å². The molecule has 14 heavy (non-hydrogen) atoms. The average Bonchev–Trinajstić information content (AvgIpc) is 2.10. The largest absolute Gasteiger partial charge is 0.299 e. The standard InChI is InChI=1S/C13H22O/c1-11(2)7-6-10-13(3)9-5-4-8-12(13)14/h1,4-10H2,2-3H3/t13-/m0/s1. The van der Waals surface area contributed by atoms with E-state index in [0.29, 0.717) is 5.78 Å². The molecule has 0 aliphatic heterocycles. The number of hydrogen-bond acceptors (Lipinski definition) is 1. The Balaban J connectivity index is 2.39. The van der Waals surface area contributed by atoms with Gasteiger partial charge in [0.2, 0.25) is 0 Å². The van der Waals surface area contributed by atoms with Crippen molar-refractivity contribution in [1.29, 1.82) is 0 Å². The van der Waals surface area contributed by atoms with Crippen LogP contribution in [0.2, 0.25) is 0 Å². The molecule has 1 heteroatoms. The van der Waals surface area contributed by atoms with E-state index < -0.39 is 0 Å². The maximum atomic E-state index is 11.8. The molecule has 0 unspecified atom stereocenters. The van der Waals surface area contributed by atoms with Crippen molar-refractivity contribution in [3.05, 3.63) is 12.2 Å². The smallest absolute Gasteiger partial charge is 0.138 e. The normalized spacial score (nSPS) is 27.7. The zero-order chi connectivity index (χ0) is 10.6.